The van der Waals surface area contributed by atoms with Gasteiger partial charge in [0.05, 0.1) is 17.0 Å². The minimum atomic E-state index is -0.536. The summed E-state index contributed by atoms with van der Waals surface area (Å²) in [5.74, 6) is -0.374. The normalized spacial score (nSPS) is 11.2. The number of aromatic nitrogens is 3. The summed E-state index contributed by atoms with van der Waals surface area (Å²) in [5.41, 5.74) is 4.03. The first-order chi connectivity index (χ1) is 16.4. The third-order valence-electron chi connectivity index (χ3n) is 4.54. The zero-order chi connectivity index (χ0) is 24.1. The monoisotopic (exact) mass is 533 g/mol. The molecule has 0 saturated carbocycles. The molecule has 0 aliphatic heterocycles. The Balaban J connectivity index is 1.52. The van der Waals surface area contributed by atoms with E-state index < -0.39 is 11.7 Å². The van der Waals surface area contributed by atoms with Crippen molar-refractivity contribution >= 4 is 58.7 Å². The summed E-state index contributed by atoms with van der Waals surface area (Å²) >= 11 is 19.2. The molecule has 0 bridgehead atoms. The van der Waals surface area contributed by atoms with Crippen LogP contribution in [0.3, 0.4) is 0 Å². The van der Waals surface area contributed by atoms with Crippen LogP contribution in [0.15, 0.2) is 77.0 Å². The fourth-order valence-electron chi connectivity index (χ4n) is 2.94. The van der Waals surface area contributed by atoms with Crippen molar-refractivity contribution in [1.82, 2.24) is 20.2 Å². The van der Waals surface area contributed by atoms with E-state index >= 15 is 0 Å². The van der Waals surface area contributed by atoms with Gasteiger partial charge in [-0.3, -0.25) is 9.36 Å². The van der Waals surface area contributed by atoms with Crippen LogP contribution in [0, 0.1) is 5.82 Å². The lowest BCUT2D eigenvalue weighted by Gasteiger charge is -2.10. The molecule has 1 aromatic heterocycles. The fraction of sp³-hybridized carbons (Fsp3) is 0.0435. The molecule has 0 saturated heterocycles. The van der Waals surface area contributed by atoms with Crippen LogP contribution in [-0.2, 0) is 4.79 Å². The lowest BCUT2D eigenvalue weighted by Crippen LogP contribution is -2.20. The van der Waals surface area contributed by atoms with Gasteiger partial charge >= 0.3 is 0 Å². The molecule has 4 aromatic rings. The highest BCUT2D eigenvalue weighted by atomic mass is 35.5. The number of benzene rings is 3. The van der Waals surface area contributed by atoms with Crippen LogP contribution in [0.1, 0.15) is 5.56 Å². The molecule has 3 aromatic carbocycles. The first-order valence-corrected chi connectivity index (χ1v) is 11.9. The molecule has 0 atom stereocenters. The molecule has 4 rings (SSSR count). The lowest BCUT2D eigenvalue weighted by molar-refractivity contribution is -0.118. The van der Waals surface area contributed by atoms with Crippen LogP contribution >= 0.6 is 46.6 Å². The van der Waals surface area contributed by atoms with Crippen molar-refractivity contribution in [3.8, 4) is 17.1 Å². The molecule has 1 N–H and O–H groups in total. The third kappa shape index (κ3) is 5.77. The molecule has 0 aliphatic rings. The van der Waals surface area contributed by atoms with Crippen LogP contribution < -0.4 is 5.43 Å². The van der Waals surface area contributed by atoms with Crippen molar-refractivity contribution in [2.24, 2.45) is 5.10 Å². The van der Waals surface area contributed by atoms with Gasteiger partial charge in [0.25, 0.3) is 5.91 Å². The topological polar surface area (TPSA) is 72.2 Å². The maximum atomic E-state index is 13.8. The summed E-state index contributed by atoms with van der Waals surface area (Å²) in [6, 6.07) is 18.6. The van der Waals surface area contributed by atoms with Crippen LogP contribution in [0.5, 0.6) is 0 Å². The van der Waals surface area contributed by atoms with E-state index in [1.54, 1.807) is 24.3 Å². The Labute approximate surface area is 213 Å². The van der Waals surface area contributed by atoms with Gasteiger partial charge in [0, 0.05) is 26.9 Å². The number of thioether (sulfide) groups is 1. The first kappa shape index (κ1) is 24.2. The van der Waals surface area contributed by atoms with E-state index in [2.05, 4.69) is 20.7 Å². The molecular weight excluding hydrogens is 520 g/mol. The number of hydrazone groups is 1. The molecule has 0 spiro atoms. The Kier molecular flexibility index (Phi) is 7.84. The third-order valence-corrected chi connectivity index (χ3v) is 6.30. The zero-order valence-corrected chi connectivity index (χ0v) is 20.3. The summed E-state index contributed by atoms with van der Waals surface area (Å²) in [4.78, 5) is 12.3. The average Bonchev–Trinajstić information content (AvgIpc) is 3.24. The van der Waals surface area contributed by atoms with Gasteiger partial charge in [0.2, 0.25) is 0 Å². The molecule has 0 aliphatic carbocycles. The van der Waals surface area contributed by atoms with Gasteiger partial charge in [-0.05, 0) is 60.7 Å². The SMILES string of the molecule is O=C(CSc1nnc(-c2ccc(Cl)cc2)n1-c1ccc(Cl)cc1)N/N=C\c1c(F)cccc1Cl. The number of nitrogens with one attached hydrogen (secondary N) is 1. The number of nitrogens with zero attached hydrogens (tertiary/aromatic N) is 4. The lowest BCUT2D eigenvalue weighted by atomic mass is 10.2. The molecule has 34 heavy (non-hydrogen) atoms. The minimum Gasteiger partial charge on any atom is -0.272 e. The summed E-state index contributed by atoms with van der Waals surface area (Å²) < 4.78 is 15.6. The number of hydrogen-bond donors (Lipinski definition) is 1. The molecular formula is C23H15Cl3FN5OS. The minimum absolute atomic E-state index is 0.00527. The largest absolute Gasteiger partial charge is 0.272 e. The van der Waals surface area contributed by atoms with Gasteiger partial charge in [-0.15, -0.1) is 10.2 Å². The van der Waals surface area contributed by atoms with E-state index in [9.17, 15) is 9.18 Å². The molecule has 0 unspecified atom stereocenters. The summed E-state index contributed by atoms with van der Waals surface area (Å²) in [7, 11) is 0. The summed E-state index contributed by atoms with van der Waals surface area (Å²) in [6.45, 7) is 0. The molecule has 172 valence electrons. The van der Waals surface area contributed by atoms with Crippen molar-refractivity contribution in [2.75, 3.05) is 5.75 Å². The predicted molar refractivity (Wildman–Crippen MR) is 135 cm³/mol. The Morgan fingerprint density at radius 2 is 1.68 bits per heavy atom. The van der Waals surface area contributed by atoms with Gasteiger partial charge in [0.1, 0.15) is 5.82 Å². The van der Waals surface area contributed by atoms with Crippen LogP contribution in [0.25, 0.3) is 17.1 Å². The van der Waals surface area contributed by atoms with Gasteiger partial charge < -0.3 is 0 Å². The van der Waals surface area contributed by atoms with Crippen molar-refractivity contribution in [3.63, 3.8) is 0 Å². The second-order valence-electron chi connectivity index (χ2n) is 6.84. The van der Waals surface area contributed by atoms with Gasteiger partial charge in [0.15, 0.2) is 11.0 Å². The van der Waals surface area contributed by atoms with Crippen molar-refractivity contribution in [1.29, 1.82) is 0 Å². The second kappa shape index (κ2) is 11.0. The highest BCUT2D eigenvalue weighted by Crippen LogP contribution is 2.29. The smallest absolute Gasteiger partial charge is 0.250 e. The quantitative estimate of drug-likeness (QED) is 0.172. The van der Waals surface area contributed by atoms with Crippen molar-refractivity contribution in [3.05, 3.63) is 93.2 Å². The van der Waals surface area contributed by atoms with Crippen molar-refractivity contribution < 1.29 is 9.18 Å². The first-order valence-electron chi connectivity index (χ1n) is 9.78. The number of carbonyl (C=O) groups excluding carboxylic acids is 1. The van der Waals surface area contributed by atoms with Crippen molar-refractivity contribution in [2.45, 2.75) is 5.16 Å². The molecule has 0 radical (unpaired) electrons. The van der Waals surface area contributed by atoms with Gasteiger partial charge in [-0.2, -0.15) is 5.10 Å². The van der Waals surface area contributed by atoms with E-state index in [1.165, 1.54) is 30.0 Å². The van der Waals surface area contributed by atoms with Crippen LogP contribution in [0.4, 0.5) is 4.39 Å². The Morgan fingerprint density at radius 1 is 1.00 bits per heavy atom. The zero-order valence-electron chi connectivity index (χ0n) is 17.3. The standard InChI is InChI=1S/C23H15Cl3FN5OS/c24-15-6-4-14(5-7-15)22-30-31-23(32(22)17-10-8-16(25)9-11-17)34-13-21(33)29-28-12-18-19(26)2-1-3-20(18)27/h1-12H,13H2,(H,29,33)/b28-12-. The average molecular weight is 535 g/mol. The highest BCUT2D eigenvalue weighted by Gasteiger charge is 2.17. The van der Waals surface area contributed by atoms with E-state index in [1.807, 2.05) is 28.8 Å². The predicted octanol–water partition coefficient (Wildman–Crippen LogP) is 6.28. The fourth-order valence-corrected chi connectivity index (χ4v) is 4.15. The van der Waals surface area contributed by atoms with E-state index in [0.717, 1.165) is 17.5 Å². The van der Waals surface area contributed by atoms with Gasteiger partial charge in [-0.25, -0.2) is 9.82 Å². The van der Waals surface area contributed by atoms with Crippen LogP contribution in [-0.4, -0.2) is 32.6 Å². The maximum Gasteiger partial charge on any atom is 0.250 e. The van der Waals surface area contributed by atoms with Gasteiger partial charge in [-0.1, -0.05) is 52.6 Å². The Morgan fingerprint density at radius 3 is 2.35 bits per heavy atom. The number of carbonyl (C=O) groups is 1. The molecule has 6 nitrogen and oxygen atoms in total. The van der Waals surface area contributed by atoms with E-state index in [-0.39, 0.29) is 16.3 Å². The molecule has 1 heterocycles. The number of rotatable bonds is 7. The number of halogens is 4. The molecule has 0 fully saturated rings. The summed E-state index contributed by atoms with van der Waals surface area (Å²) in [5, 5.41) is 14.2. The molecule has 1 amide bonds. The number of hydrogen-bond acceptors (Lipinski definition) is 5. The summed E-state index contributed by atoms with van der Waals surface area (Å²) in [6.07, 6.45) is 1.16. The Bertz CT molecular complexity index is 1320. The van der Waals surface area contributed by atoms with E-state index in [4.69, 9.17) is 34.8 Å². The second-order valence-corrected chi connectivity index (χ2v) is 9.06. The Hall–Kier alpha value is -2.91. The number of amides is 1. The molecule has 11 heteroatoms. The van der Waals surface area contributed by atoms with Crippen LogP contribution in [0.2, 0.25) is 15.1 Å². The maximum absolute atomic E-state index is 13.8. The highest BCUT2D eigenvalue weighted by molar-refractivity contribution is 7.99. The van der Waals surface area contributed by atoms with E-state index in [0.29, 0.717) is 21.0 Å².